The van der Waals surface area contributed by atoms with Gasteiger partial charge in [-0.3, -0.25) is 4.79 Å². The van der Waals surface area contributed by atoms with E-state index in [1.165, 1.54) is 12.1 Å². The Morgan fingerprint density at radius 1 is 1.21 bits per heavy atom. The maximum Gasteiger partial charge on any atom is 0.573 e. The van der Waals surface area contributed by atoms with E-state index in [4.69, 9.17) is 0 Å². The predicted molar refractivity (Wildman–Crippen MR) is 63.8 cm³/mol. The molecule has 0 heterocycles. The number of rotatable bonds is 6. The van der Waals surface area contributed by atoms with Gasteiger partial charge in [0.1, 0.15) is 11.5 Å². The molecule has 0 amide bonds. The number of hydrogen-bond acceptors (Lipinski definition) is 2. The summed E-state index contributed by atoms with van der Waals surface area (Å²) >= 11 is 0. The van der Waals surface area contributed by atoms with E-state index >= 15 is 0 Å². The van der Waals surface area contributed by atoms with Crippen LogP contribution in [0.1, 0.15) is 31.2 Å². The molecule has 5 heteroatoms. The number of Topliss-reactive ketones (excluding diaryl/α,β-unsaturated/α-hetero) is 1. The summed E-state index contributed by atoms with van der Waals surface area (Å²) in [7, 11) is 0. The molecule has 2 nitrogen and oxygen atoms in total. The van der Waals surface area contributed by atoms with Gasteiger partial charge in [0.25, 0.3) is 0 Å². The van der Waals surface area contributed by atoms with E-state index in [-0.39, 0.29) is 11.7 Å². The molecule has 0 spiro atoms. The number of aryl methyl sites for hydroxylation is 1. The van der Waals surface area contributed by atoms with Crippen LogP contribution in [0.3, 0.4) is 0 Å². The van der Waals surface area contributed by atoms with Crippen molar-refractivity contribution < 1.29 is 22.7 Å². The average molecular weight is 272 g/mol. The van der Waals surface area contributed by atoms with E-state index in [1.54, 1.807) is 12.1 Å². The van der Waals surface area contributed by atoms with Crippen LogP contribution in [0.4, 0.5) is 13.2 Å². The Balaban J connectivity index is 1.76. The van der Waals surface area contributed by atoms with Crippen molar-refractivity contribution in [2.45, 2.75) is 38.5 Å². The zero-order valence-electron chi connectivity index (χ0n) is 10.4. The quantitative estimate of drug-likeness (QED) is 0.785. The molecule has 1 aromatic rings. The molecule has 0 radical (unpaired) electrons. The number of hydrogen-bond donors (Lipinski definition) is 0. The first-order valence-corrected chi connectivity index (χ1v) is 6.31. The third kappa shape index (κ3) is 4.93. The van der Waals surface area contributed by atoms with Gasteiger partial charge in [-0.25, -0.2) is 0 Å². The summed E-state index contributed by atoms with van der Waals surface area (Å²) < 4.78 is 39.7. The molecule has 0 atom stereocenters. The van der Waals surface area contributed by atoms with Crippen LogP contribution >= 0.6 is 0 Å². The second kappa shape index (κ2) is 5.63. The van der Waals surface area contributed by atoms with Crippen molar-refractivity contribution in [1.29, 1.82) is 0 Å². The Kier molecular flexibility index (Phi) is 4.12. The van der Waals surface area contributed by atoms with Gasteiger partial charge in [-0.2, -0.15) is 0 Å². The van der Waals surface area contributed by atoms with Crippen LogP contribution in [0.5, 0.6) is 5.75 Å². The predicted octanol–water partition coefficient (Wildman–Crippen LogP) is 3.89. The average Bonchev–Trinajstić information content (AvgIpc) is 3.13. The summed E-state index contributed by atoms with van der Waals surface area (Å²) in [6.45, 7) is 0. The van der Waals surface area contributed by atoms with Gasteiger partial charge >= 0.3 is 6.36 Å². The molecule has 0 saturated heterocycles. The minimum atomic E-state index is -4.65. The minimum Gasteiger partial charge on any atom is -0.406 e. The SMILES string of the molecule is O=C(CCCc1ccc(OC(F)(F)F)cc1)C1CC1. The number of carbonyl (C=O) groups is 1. The molecule has 0 unspecified atom stereocenters. The molecule has 1 saturated carbocycles. The smallest absolute Gasteiger partial charge is 0.406 e. The number of halogens is 3. The molecule has 1 fully saturated rings. The lowest BCUT2D eigenvalue weighted by atomic mass is 10.0. The van der Waals surface area contributed by atoms with E-state index in [9.17, 15) is 18.0 Å². The van der Waals surface area contributed by atoms with E-state index in [2.05, 4.69) is 4.74 Å². The van der Waals surface area contributed by atoms with E-state index in [0.717, 1.165) is 24.8 Å². The molecule has 2 rings (SSSR count). The summed E-state index contributed by atoms with van der Waals surface area (Å²) in [6, 6.07) is 5.79. The lowest BCUT2D eigenvalue weighted by Crippen LogP contribution is -2.17. The Labute approximate surface area is 109 Å². The Morgan fingerprint density at radius 2 is 1.84 bits per heavy atom. The highest BCUT2D eigenvalue weighted by Gasteiger charge is 2.31. The van der Waals surface area contributed by atoms with Crippen LogP contribution in [0.2, 0.25) is 0 Å². The largest absolute Gasteiger partial charge is 0.573 e. The summed E-state index contributed by atoms with van der Waals surface area (Å²) in [4.78, 5) is 11.5. The van der Waals surface area contributed by atoms with Crippen molar-refractivity contribution in [1.82, 2.24) is 0 Å². The number of ether oxygens (including phenoxy) is 1. The van der Waals surface area contributed by atoms with E-state index < -0.39 is 6.36 Å². The first-order chi connectivity index (χ1) is 8.94. The van der Waals surface area contributed by atoms with Gasteiger partial charge in [-0.15, -0.1) is 13.2 Å². The highest BCUT2D eigenvalue weighted by atomic mass is 19.4. The second-order valence-electron chi connectivity index (χ2n) is 4.79. The van der Waals surface area contributed by atoms with Crippen LogP contribution in [-0.4, -0.2) is 12.1 Å². The fraction of sp³-hybridized carbons (Fsp3) is 0.500. The van der Waals surface area contributed by atoms with Crippen molar-refractivity contribution in [3.05, 3.63) is 29.8 Å². The first-order valence-electron chi connectivity index (χ1n) is 6.31. The molecule has 0 bridgehead atoms. The second-order valence-corrected chi connectivity index (χ2v) is 4.79. The molecule has 104 valence electrons. The number of alkyl halides is 3. The number of ketones is 1. The van der Waals surface area contributed by atoms with Crippen LogP contribution in [0.15, 0.2) is 24.3 Å². The Bertz CT molecular complexity index is 433. The van der Waals surface area contributed by atoms with Crippen molar-refractivity contribution in [2.24, 2.45) is 5.92 Å². The topological polar surface area (TPSA) is 26.3 Å². The summed E-state index contributed by atoms with van der Waals surface area (Å²) in [5.74, 6) is 0.380. The monoisotopic (exact) mass is 272 g/mol. The molecule has 19 heavy (non-hydrogen) atoms. The van der Waals surface area contributed by atoms with Crippen molar-refractivity contribution in [2.75, 3.05) is 0 Å². The summed E-state index contributed by atoms with van der Waals surface area (Å²) in [5, 5.41) is 0. The Morgan fingerprint density at radius 3 is 2.37 bits per heavy atom. The number of benzene rings is 1. The lowest BCUT2D eigenvalue weighted by Gasteiger charge is -2.09. The maximum atomic E-state index is 12.0. The fourth-order valence-corrected chi connectivity index (χ4v) is 1.93. The normalized spacial score (nSPS) is 15.3. The molecular formula is C14H15F3O2. The molecular weight excluding hydrogens is 257 g/mol. The third-order valence-corrected chi connectivity index (χ3v) is 3.08. The summed E-state index contributed by atoms with van der Waals surface area (Å²) in [5.41, 5.74) is 0.915. The third-order valence-electron chi connectivity index (χ3n) is 3.08. The van der Waals surface area contributed by atoms with Gasteiger partial charge in [0.05, 0.1) is 0 Å². The van der Waals surface area contributed by atoms with Crippen LogP contribution in [0, 0.1) is 5.92 Å². The first kappa shape index (κ1) is 13.9. The van der Waals surface area contributed by atoms with E-state index in [0.29, 0.717) is 18.6 Å². The van der Waals surface area contributed by atoms with Gasteiger partial charge in [0.15, 0.2) is 0 Å². The van der Waals surface area contributed by atoms with Gasteiger partial charge in [0, 0.05) is 12.3 Å². The number of carbonyl (C=O) groups excluding carboxylic acids is 1. The fourth-order valence-electron chi connectivity index (χ4n) is 1.93. The summed E-state index contributed by atoms with van der Waals surface area (Å²) in [6.07, 6.45) is -0.617. The molecule has 1 aliphatic carbocycles. The van der Waals surface area contributed by atoms with Crippen LogP contribution in [0.25, 0.3) is 0 Å². The van der Waals surface area contributed by atoms with Crippen LogP contribution in [-0.2, 0) is 11.2 Å². The molecule has 1 aliphatic rings. The van der Waals surface area contributed by atoms with Crippen molar-refractivity contribution >= 4 is 5.78 Å². The van der Waals surface area contributed by atoms with Gasteiger partial charge in [-0.05, 0) is 43.4 Å². The van der Waals surface area contributed by atoms with Gasteiger partial charge < -0.3 is 4.74 Å². The molecule has 0 aromatic heterocycles. The highest BCUT2D eigenvalue weighted by molar-refractivity contribution is 5.83. The standard InChI is InChI=1S/C14H15F3O2/c15-14(16,17)19-12-8-4-10(5-9-12)2-1-3-13(18)11-6-7-11/h4-5,8-9,11H,1-3,6-7H2. The highest BCUT2D eigenvalue weighted by Crippen LogP contribution is 2.31. The molecule has 0 N–H and O–H groups in total. The zero-order valence-corrected chi connectivity index (χ0v) is 10.4. The minimum absolute atomic E-state index is 0.217. The molecule has 1 aromatic carbocycles. The van der Waals surface area contributed by atoms with Crippen molar-refractivity contribution in [3.8, 4) is 5.75 Å². The van der Waals surface area contributed by atoms with E-state index in [1.807, 2.05) is 0 Å². The zero-order chi connectivity index (χ0) is 13.9. The lowest BCUT2D eigenvalue weighted by molar-refractivity contribution is -0.274. The van der Waals surface area contributed by atoms with Gasteiger partial charge in [0.2, 0.25) is 0 Å². The van der Waals surface area contributed by atoms with Gasteiger partial charge in [-0.1, -0.05) is 12.1 Å². The Hall–Kier alpha value is -1.52. The van der Waals surface area contributed by atoms with Crippen LogP contribution < -0.4 is 4.74 Å². The van der Waals surface area contributed by atoms with Crippen molar-refractivity contribution in [3.63, 3.8) is 0 Å². The molecule has 0 aliphatic heterocycles. The maximum absolute atomic E-state index is 12.0.